The molecule has 0 saturated heterocycles. The second-order valence-electron chi connectivity index (χ2n) is 6.44. The number of nitrogens with one attached hydrogen (secondary N) is 3. The molecule has 0 bridgehead atoms. The summed E-state index contributed by atoms with van der Waals surface area (Å²) in [7, 11) is 1.50. The minimum absolute atomic E-state index is 0.210. The van der Waals surface area contributed by atoms with Crippen LogP contribution in [-0.2, 0) is 0 Å². The highest BCUT2D eigenvalue weighted by Crippen LogP contribution is 2.19. The Kier molecular flexibility index (Phi) is 4.22. The predicted molar refractivity (Wildman–Crippen MR) is 93.0 cm³/mol. The van der Waals surface area contributed by atoms with Gasteiger partial charge in [0.1, 0.15) is 11.3 Å². The van der Waals surface area contributed by atoms with Gasteiger partial charge >= 0.3 is 6.01 Å². The number of nitrogens with zero attached hydrogens (tertiary/aromatic N) is 4. The van der Waals surface area contributed by atoms with E-state index in [1.165, 1.54) is 7.11 Å². The largest absolute Gasteiger partial charge is 0.467 e. The molecule has 0 fully saturated rings. The summed E-state index contributed by atoms with van der Waals surface area (Å²) in [6.07, 6.45) is 6.31. The standard InChI is InChI=1S/C16H19N7O2/c1-16(2,3)23-14(24)10-7-17-13-12(10)22-11(8-18-13)21-9-5-19-15(25-4)20-6-9/h5-8H,1-4H3,(H,17,18)(H,21,22)(H,23,24). The number of hydrogen-bond acceptors (Lipinski definition) is 7. The van der Waals surface area contributed by atoms with Crippen LogP contribution in [0.2, 0.25) is 0 Å². The van der Waals surface area contributed by atoms with E-state index in [0.717, 1.165) is 0 Å². The molecular weight excluding hydrogens is 322 g/mol. The molecule has 3 N–H and O–H groups in total. The van der Waals surface area contributed by atoms with Crippen molar-refractivity contribution in [2.24, 2.45) is 0 Å². The second-order valence-corrected chi connectivity index (χ2v) is 6.44. The number of aromatic nitrogens is 5. The van der Waals surface area contributed by atoms with Gasteiger partial charge in [-0.1, -0.05) is 0 Å². The number of hydrogen-bond donors (Lipinski definition) is 3. The predicted octanol–water partition coefficient (Wildman–Crippen LogP) is 2.03. The van der Waals surface area contributed by atoms with Crippen LogP contribution in [0.5, 0.6) is 6.01 Å². The fraction of sp³-hybridized carbons (Fsp3) is 0.312. The van der Waals surface area contributed by atoms with E-state index in [-0.39, 0.29) is 17.5 Å². The molecule has 3 rings (SSSR count). The van der Waals surface area contributed by atoms with Crippen molar-refractivity contribution < 1.29 is 9.53 Å². The lowest BCUT2D eigenvalue weighted by Crippen LogP contribution is -2.40. The Balaban J connectivity index is 1.88. The molecule has 3 aromatic heterocycles. The van der Waals surface area contributed by atoms with Gasteiger partial charge in [-0.2, -0.15) is 0 Å². The number of methoxy groups -OCH3 is 1. The Labute approximate surface area is 144 Å². The number of rotatable bonds is 4. The average Bonchev–Trinajstić information content (AvgIpc) is 2.97. The molecule has 0 aliphatic carbocycles. The van der Waals surface area contributed by atoms with Gasteiger partial charge in [0.15, 0.2) is 5.65 Å². The molecule has 9 nitrogen and oxygen atoms in total. The molecule has 3 aromatic rings. The Morgan fingerprint density at radius 2 is 1.88 bits per heavy atom. The van der Waals surface area contributed by atoms with Crippen molar-refractivity contribution >= 4 is 28.6 Å². The minimum Gasteiger partial charge on any atom is -0.467 e. The van der Waals surface area contributed by atoms with Gasteiger partial charge in [0.25, 0.3) is 5.91 Å². The van der Waals surface area contributed by atoms with Gasteiger partial charge in [0.05, 0.1) is 37.0 Å². The number of fused-ring (bicyclic) bond motifs is 1. The molecule has 9 heteroatoms. The van der Waals surface area contributed by atoms with Crippen LogP contribution in [0.15, 0.2) is 24.8 Å². The topological polar surface area (TPSA) is 118 Å². The molecule has 0 unspecified atom stereocenters. The molecule has 0 aliphatic heterocycles. The van der Waals surface area contributed by atoms with Crippen molar-refractivity contribution in [3.8, 4) is 6.01 Å². The Hall–Kier alpha value is -3.23. The zero-order valence-electron chi connectivity index (χ0n) is 14.4. The Morgan fingerprint density at radius 3 is 2.52 bits per heavy atom. The monoisotopic (exact) mass is 341 g/mol. The summed E-state index contributed by atoms with van der Waals surface area (Å²) in [5, 5.41) is 5.97. The summed E-state index contributed by atoms with van der Waals surface area (Å²) in [5.41, 5.74) is 1.75. The number of amides is 1. The van der Waals surface area contributed by atoms with Gasteiger partial charge in [-0.25, -0.2) is 19.9 Å². The number of aromatic amines is 1. The molecule has 0 spiro atoms. The van der Waals surface area contributed by atoms with Crippen LogP contribution in [0.25, 0.3) is 11.2 Å². The number of carbonyl (C=O) groups is 1. The number of anilines is 2. The van der Waals surface area contributed by atoms with Crippen LogP contribution in [-0.4, -0.2) is 43.5 Å². The maximum Gasteiger partial charge on any atom is 0.316 e. The van der Waals surface area contributed by atoms with Crippen molar-refractivity contribution in [2.45, 2.75) is 26.3 Å². The molecule has 0 atom stereocenters. The van der Waals surface area contributed by atoms with Crippen LogP contribution < -0.4 is 15.4 Å². The number of H-pyrrole nitrogens is 1. The minimum atomic E-state index is -0.343. The lowest BCUT2D eigenvalue weighted by atomic mass is 10.1. The van der Waals surface area contributed by atoms with Gasteiger partial charge in [-0.3, -0.25) is 4.79 Å². The third kappa shape index (κ3) is 3.82. The van der Waals surface area contributed by atoms with Crippen LogP contribution in [0.4, 0.5) is 11.5 Å². The first-order valence-electron chi connectivity index (χ1n) is 7.65. The van der Waals surface area contributed by atoms with Crippen LogP contribution in [0.3, 0.4) is 0 Å². The first kappa shape index (κ1) is 16.6. The van der Waals surface area contributed by atoms with Crippen molar-refractivity contribution in [3.63, 3.8) is 0 Å². The summed E-state index contributed by atoms with van der Waals surface area (Å²) in [6, 6.07) is 0.277. The molecule has 1 amide bonds. The molecule has 130 valence electrons. The fourth-order valence-electron chi connectivity index (χ4n) is 2.17. The lowest BCUT2D eigenvalue weighted by molar-refractivity contribution is 0.0921. The summed E-state index contributed by atoms with van der Waals surface area (Å²) in [4.78, 5) is 32.2. The Morgan fingerprint density at radius 1 is 1.16 bits per heavy atom. The third-order valence-corrected chi connectivity index (χ3v) is 3.20. The molecule has 3 heterocycles. The van der Waals surface area contributed by atoms with E-state index < -0.39 is 0 Å². The van der Waals surface area contributed by atoms with Crippen molar-refractivity contribution in [1.82, 2.24) is 30.2 Å². The van der Waals surface area contributed by atoms with Crippen LogP contribution in [0, 0.1) is 0 Å². The van der Waals surface area contributed by atoms with E-state index >= 15 is 0 Å². The maximum atomic E-state index is 12.4. The molecule has 0 aliphatic rings. The summed E-state index contributed by atoms with van der Waals surface area (Å²) in [6.45, 7) is 5.76. The van der Waals surface area contributed by atoms with Crippen LogP contribution >= 0.6 is 0 Å². The van der Waals surface area contributed by atoms with Gasteiger partial charge in [0, 0.05) is 11.7 Å². The second kappa shape index (κ2) is 6.34. The van der Waals surface area contributed by atoms with Gasteiger partial charge in [0.2, 0.25) is 0 Å². The molecule has 25 heavy (non-hydrogen) atoms. The van der Waals surface area contributed by atoms with E-state index in [2.05, 4.69) is 35.6 Å². The van der Waals surface area contributed by atoms with Gasteiger partial charge in [-0.05, 0) is 20.8 Å². The third-order valence-electron chi connectivity index (χ3n) is 3.20. The first-order chi connectivity index (χ1) is 11.9. The van der Waals surface area contributed by atoms with E-state index in [9.17, 15) is 4.79 Å². The van der Waals surface area contributed by atoms with Crippen molar-refractivity contribution in [2.75, 3.05) is 12.4 Å². The highest BCUT2D eigenvalue weighted by Gasteiger charge is 2.19. The highest BCUT2D eigenvalue weighted by atomic mass is 16.5. The fourth-order valence-corrected chi connectivity index (χ4v) is 2.17. The quantitative estimate of drug-likeness (QED) is 0.664. The van der Waals surface area contributed by atoms with Crippen LogP contribution in [0.1, 0.15) is 31.1 Å². The Bertz CT molecular complexity index is 897. The van der Waals surface area contributed by atoms with E-state index in [0.29, 0.717) is 28.2 Å². The summed E-state index contributed by atoms with van der Waals surface area (Å²) >= 11 is 0. The number of ether oxygens (including phenoxy) is 1. The zero-order valence-corrected chi connectivity index (χ0v) is 14.4. The van der Waals surface area contributed by atoms with E-state index in [1.807, 2.05) is 20.8 Å². The van der Waals surface area contributed by atoms with Gasteiger partial charge in [-0.15, -0.1) is 0 Å². The first-order valence-corrected chi connectivity index (χ1v) is 7.65. The maximum absolute atomic E-state index is 12.4. The molecular formula is C16H19N7O2. The molecule has 0 saturated carbocycles. The lowest BCUT2D eigenvalue weighted by Gasteiger charge is -2.20. The van der Waals surface area contributed by atoms with Crippen molar-refractivity contribution in [1.29, 1.82) is 0 Å². The SMILES string of the molecule is COc1ncc(Nc2cnc3[nH]cc(C(=O)NC(C)(C)C)c3n2)cn1. The van der Waals surface area contributed by atoms with E-state index in [1.54, 1.807) is 24.8 Å². The van der Waals surface area contributed by atoms with Gasteiger partial charge < -0.3 is 20.4 Å². The normalized spacial score (nSPS) is 11.4. The number of carbonyl (C=O) groups excluding carboxylic acids is 1. The van der Waals surface area contributed by atoms with Crippen molar-refractivity contribution in [3.05, 3.63) is 30.4 Å². The average molecular weight is 341 g/mol. The highest BCUT2D eigenvalue weighted by molar-refractivity contribution is 6.04. The summed E-state index contributed by atoms with van der Waals surface area (Å²) < 4.78 is 4.92. The molecule has 0 radical (unpaired) electrons. The summed E-state index contributed by atoms with van der Waals surface area (Å²) in [5.74, 6) is 0.267. The van der Waals surface area contributed by atoms with E-state index in [4.69, 9.17) is 4.74 Å². The zero-order chi connectivity index (χ0) is 18.0. The smallest absolute Gasteiger partial charge is 0.316 e. The molecule has 0 aromatic carbocycles.